The number of rotatable bonds is 5. The van der Waals surface area contributed by atoms with E-state index in [1.807, 2.05) is 35.2 Å². The van der Waals surface area contributed by atoms with Crippen LogP contribution in [-0.4, -0.2) is 57.6 Å². The first-order chi connectivity index (χ1) is 12.5. The zero-order chi connectivity index (χ0) is 18.5. The highest BCUT2D eigenvalue weighted by atomic mass is 35.5. The van der Waals surface area contributed by atoms with Gasteiger partial charge in [-0.3, -0.25) is 4.79 Å². The summed E-state index contributed by atoms with van der Waals surface area (Å²) in [5.41, 5.74) is 1.72. The maximum atomic E-state index is 12.5. The Morgan fingerprint density at radius 3 is 2.38 bits per heavy atom. The van der Waals surface area contributed by atoms with Crippen molar-refractivity contribution >= 4 is 40.0 Å². The molecule has 1 aromatic heterocycles. The first-order valence-electron chi connectivity index (χ1n) is 8.22. The van der Waals surface area contributed by atoms with Crippen LogP contribution in [0.3, 0.4) is 0 Å². The van der Waals surface area contributed by atoms with E-state index in [1.165, 1.54) is 0 Å². The molecule has 0 spiro atoms. The third-order valence-electron chi connectivity index (χ3n) is 4.15. The predicted molar refractivity (Wildman–Crippen MR) is 104 cm³/mol. The Bertz CT molecular complexity index is 777. The van der Waals surface area contributed by atoms with E-state index in [4.69, 9.17) is 11.6 Å². The van der Waals surface area contributed by atoms with Gasteiger partial charge in [-0.05, 0) is 29.8 Å². The average molecular weight is 394 g/mol. The molecule has 1 atom stereocenters. The van der Waals surface area contributed by atoms with E-state index < -0.39 is 11.0 Å². The highest BCUT2D eigenvalue weighted by molar-refractivity contribution is 7.85. The van der Waals surface area contributed by atoms with Gasteiger partial charge in [0.25, 0.3) is 0 Å². The molecule has 2 aromatic rings. The number of aromatic nitrogens is 2. The maximum absolute atomic E-state index is 12.5. The molecule has 7 nitrogen and oxygen atoms in total. The molecule has 0 saturated carbocycles. The Balaban J connectivity index is 1.52. The van der Waals surface area contributed by atoms with E-state index in [1.54, 1.807) is 12.3 Å². The SMILES string of the molecule is CS(=O)Nc1ccc(CC(=O)N2CCN(c3ccc(Cl)nn3)CC2)cc1. The topological polar surface area (TPSA) is 78.4 Å². The second kappa shape index (κ2) is 8.46. The van der Waals surface area contributed by atoms with E-state index in [2.05, 4.69) is 19.8 Å². The standard InChI is InChI=1S/C17H20ClN5O2S/c1-26(25)21-14-4-2-13(3-5-14)12-17(24)23-10-8-22(9-11-23)16-7-6-15(18)19-20-16/h2-7,21H,8-12H2,1H3. The third kappa shape index (κ3) is 4.92. The number of benzene rings is 1. The van der Waals surface area contributed by atoms with Gasteiger partial charge in [0.2, 0.25) is 5.91 Å². The molecule has 138 valence electrons. The van der Waals surface area contributed by atoms with Crippen molar-refractivity contribution in [1.82, 2.24) is 15.1 Å². The molecule has 1 aliphatic heterocycles. The molecule has 2 heterocycles. The summed E-state index contributed by atoms with van der Waals surface area (Å²) in [6.07, 6.45) is 1.93. The molecule has 0 radical (unpaired) electrons. The number of piperazine rings is 1. The minimum atomic E-state index is -1.11. The summed E-state index contributed by atoms with van der Waals surface area (Å²) >= 11 is 5.76. The van der Waals surface area contributed by atoms with E-state index in [9.17, 15) is 9.00 Å². The zero-order valence-electron chi connectivity index (χ0n) is 14.4. The number of carbonyl (C=O) groups excluding carboxylic acids is 1. The van der Waals surface area contributed by atoms with E-state index >= 15 is 0 Å². The normalized spacial score (nSPS) is 15.6. The minimum Gasteiger partial charge on any atom is -0.352 e. The van der Waals surface area contributed by atoms with Crippen molar-refractivity contribution in [3.05, 3.63) is 47.1 Å². The van der Waals surface area contributed by atoms with Gasteiger partial charge in [-0.2, -0.15) is 0 Å². The van der Waals surface area contributed by atoms with Crippen LogP contribution in [0.1, 0.15) is 5.56 Å². The maximum Gasteiger partial charge on any atom is 0.227 e. The van der Waals surface area contributed by atoms with Crippen molar-refractivity contribution in [3.8, 4) is 0 Å². The molecular formula is C17H20ClN5O2S. The van der Waals surface area contributed by atoms with Crippen molar-refractivity contribution < 1.29 is 9.00 Å². The number of anilines is 2. The number of nitrogens with zero attached hydrogens (tertiary/aromatic N) is 4. The number of carbonyl (C=O) groups is 1. The molecule has 0 aliphatic carbocycles. The van der Waals surface area contributed by atoms with Gasteiger partial charge >= 0.3 is 0 Å². The molecule has 1 N–H and O–H groups in total. The second-order valence-electron chi connectivity index (χ2n) is 6.01. The van der Waals surface area contributed by atoms with Crippen LogP contribution in [0.2, 0.25) is 5.15 Å². The molecule has 26 heavy (non-hydrogen) atoms. The van der Waals surface area contributed by atoms with Crippen LogP contribution in [0, 0.1) is 0 Å². The van der Waals surface area contributed by atoms with Gasteiger partial charge in [-0.25, -0.2) is 4.21 Å². The van der Waals surface area contributed by atoms with Gasteiger partial charge in [0, 0.05) is 38.1 Å². The summed E-state index contributed by atoms with van der Waals surface area (Å²) in [5, 5.41) is 8.31. The Hall–Kier alpha value is -2.19. The van der Waals surface area contributed by atoms with Crippen LogP contribution < -0.4 is 9.62 Å². The first-order valence-corrected chi connectivity index (χ1v) is 10.2. The molecule has 1 aliphatic rings. The van der Waals surface area contributed by atoms with Crippen LogP contribution in [0.5, 0.6) is 0 Å². The Morgan fingerprint density at radius 1 is 1.12 bits per heavy atom. The quantitative estimate of drug-likeness (QED) is 0.836. The van der Waals surface area contributed by atoms with Crippen LogP contribution in [-0.2, 0) is 22.2 Å². The molecule has 3 rings (SSSR count). The van der Waals surface area contributed by atoms with Crippen molar-refractivity contribution in [1.29, 1.82) is 0 Å². The number of amides is 1. The van der Waals surface area contributed by atoms with Crippen molar-refractivity contribution in [2.45, 2.75) is 6.42 Å². The average Bonchev–Trinajstić information content (AvgIpc) is 2.64. The summed E-state index contributed by atoms with van der Waals surface area (Å²) in [4.78, 5) is 16.5. The van der Waals surface area contributed by atoms with Gasteiger partial charge in [0.15, 0.2) is 11.0 Å². The first kappa shape index (κ1) is 18.6. The summed E-state index contributed by atoms with van der Waals surface area (Å²) < 4.78 is 14.0. The Labute approximate surface area is 159 Å². The lowest BCUT2D eigenvalue weighted by Crippen LogP contribution is -2.49. The van der Waals surface area contributed by atoms with Gasteiger partial charge in [0.1, 0.15) is 11.0 Å². The van der Waals surface area contributed by atoms with Crippen molar-refractivity contribution in [2.24, 2.45) is 0 Å². The summed E-state index contributed by atoms with van der Waals surface area (Å²) in [7, 11) is -1.11. The van der Waals surface area contributed by atoms with Crippen molar-refractivity contribution in [2.75, 3.05) is 42.1 Å². The van der Waals surface area contributed by atoms with Gasteiger partial charge in [0.05, 0.1) is 6.42 Å². The molecule has 1 aromatic carbocycles. The van der Waals surface area contributed by atoms with Crippen LogP contribution in [0.15, 0.2) is 36.4 Å². The van der Waals surface area contributed by atoms with Gasteiger partial charge in [-0.1, -0.05) is 23.7 Å². The fraction of sp³-hybridized carbons (Fsp3) is 0.353. The Morgan fingerprint density at radius 2 is 1.81 bits per heavy atom. The highest BCUT2D eigenvalue weighted by Gasteiger charge is 2.22. The van der Waals surface area contributed by atoms with Crippen molar-refractivity contribution in [3.63, 3.8) is 0 Å². The predicted octanol–water partition coefficient (Wildman–Crippen LogP) is 1.73. The molecule has 1 fully saturated rings. The monoisotopic (exact) mass is 393 g/mol. The van der Waals surface area contributed by atoms with E-state index in [-0.39, 0.29) is 5.91 Å². The number of hydrogen-bond donors (Lipinski definition) is 1. The summed E-state index contributed by atoms with van der Waals surface area (Å²) in [6, 6.07) is 11.0. The van der Waals surface area contributed by atoms with Gasteiger partial charge in [-0.15, -0.1) is 10.2 Å². The lowest BCUT2D eigenvalue weighted by molar-refractivity contribution is -0.130. The minimum absolute atomic E-state index is 0.103. The smallest absolute Gasteiger partial charge is 0.227 e. The number of nitrogens with one attached hydrogen (secondary N) is 1. The molecule has 1 amide bonds. The fourth-order valence-corrected chi connectivity index (χ4v) is 3.37. The van der Waals surface area contributed by atoms with Gasteiger partial charge < -0.3 is 14.5 Å². The van der Waals surface area contributed by atoms with Crippen LogP contribution in [0.25, 0.3) is 0 Å². The molecule has 0 bridgehead atoms. The summed E-state index contributed by atoms with van der Waals surface area (Å²) in [5.74, 6) is 0.879. The largest absolute Gasteiger partial charge is 0.352 e. The molecule has 1 unspecified atom stereocenters. The van der Waals surface area contributed by atoms with E-state index in [0.717, 1.165) is 17.1 Å². The third-order valence-corrected chi connectivity index (χ3v) is 4.87. The fourth-order valence-electron chi connectivity index (χ4n) is 2.81. The summed E-state index contributed by atoms with van der Waals surface area (Å²) in [6.45, 7) is 2.73. The van der Waals surface area contributed by atoms with Crippen LogP contribution >= 0.6 is 11.6 Å². The zero-order valence-corrected chi connectivity index (χ0v) is 16.0. The molecular weight excluding hydrogens is 374 g/mol. The highest BCUT2D eigenvalue weighted by Crippen LogP contribution is 2.16. The lowest BCUT2D eigenvalue weighted by atomic mass is 10.1. The van der Waals surface area contributed by atoms with E-state index in [0.29, 0.717) is 37.8 Å². The molecule has 1 saturated heterocycles. The molecule has 9 heteroatoms. The second-order valence-corrected chi connectivity index (χ2v) is 7.51. The number of halogens is 1. The lowest BCUT2D eigenvalue weighted by Gasteiger charge is -2.35. The van der Waals surface area contributed by atoms with Crippen LogP contribution in [0.4, 0.5) is 11.5 Å². The number of hydrogen-bond acceptors (Lipinski definition) is 5. The Kier molecular flexibility index (Phi) is 6.05.